The first-order valence-electron chi connectivity index (χ1n) is 6.90. The monoisotopic (exact) mass is 288 g/mol. The summed E-state index contributed by atoms with van der Waals surface area (Å²) in [6.07, 6.45) is 3.59. The Balaban J connectivity index is 1.83. The number of carbonyl (C=O) groups excluding carboxylic acids is 1. The van der Waals surface area contributed by atoms with Gasteiger partial charge in [-0.25, -0.2) is 4.98 Å². The largest absolute Gasteiger partial charge is 0.342 e. The molecule has 2 aromatic rings. The van der Waals surface area contributed by atoms with Crippen LogP contribution < -0.4 is 5.56 Å². The summed E-state index contributed by atoms with van der Waals surface area (Å²) < 4.78 is 0.897. The number of hydrogen-bond acceptors (Lipinski definition) is 4. The molecule has 1 fully saturated rings. The second-order valence-corrected chi connectivity index (χ2v) is 6.14. The smallest absolute Gasteiger partial charge is 0.279 e. The summed E-state index contributed by atoms with van der Waals surface area (Å²) >= 11 is 1.43. The Morgan fingerprint density at radius 1 is 1.20 bits per heavy atom. The van der Waals surface area contributed by atoms with Gasteiger partial charge in [0, 0.05) is 17.8 Å². The zero-order valence-corrected chi connectivity index (χ0v) is 12.0. The first kappa shape index (κ1) is 13.2. The Kier molecular flexibility index (Phi) is 3.78. The Morgan fingerprint density at radius 3 is 2.75 bits per heavy atom. The number of hydrogen-bond donors (Lipinski definition) is 0. The number of piperidine rings is 1. The highest BCUT2D eigenvalue weighted by Gasteiger charge is 2.18. The Labute approximate surface area is 121 Å². The fourth-order valence-corrected chi connectivity index (χ4v) is 3.51. The lowest BCUT2D eigenvalue weighted by Crippen LogP contribution is -2.36. The molecule has 1 amide bonds. The highest BCUT2D eigenvalue weighted by molar-refractivity contribution is 7.18. The van der Waals surface area contributed by atoms with E-state index >= 15 is 0 Å². The molecule has 1 aliphatic heterocycles. The van der Waals surface area contributed by atoms with Gasteiger partial charge in [0.05, 0.1) is 11.8 Å². The van der Waals surface area contributed by atoms with E-state index in [4.69, 9.17) is 0 Å². The number of likely N-dealkylation sites (tertiary alicyclic amines) is 1. The summed E-state index contributed by atoms with van der Waals surface area (Å²) in [6.45, 7) is 1.67. The zero-order chi connectivity index (χ0) is 13.9. The van der Waals surface area contributed by atoms with Crippen LogP contribution in [0, 0.1) is 0 Å². The van der Waals surface area contributed by atoms with E-state index in [-0.39, 0.29) is 17.9 Å². The summed E-state index contributed by atoms with van der Waals surface area (Å²) in [7, 11) is 0. The second-order valence-electron chi connectivity index (χ2n) is 5.03. The molecule has 0 atom stereocenters. The van der Waals surface area contributed by atoms with Gasteiger partial charge in [-0.3, -0.25) is 9.59 Å². The van der Waals surface area contributed by atoms with Crippen molar-refractivity contribution >= 4 is 27.3 Å². The molecule has 104 valence electrons. The third-order valence-corrected chi connectivity index (χ3v) is 4.63. The van der Waals surface area contributed by atoms with Gasteiger partial charge in [0.1, 0.15) is 5.01 Å². The molecule has 0 N–H and O–H groups in total. The molecule has 20 heavy (non-hydrogen) atoms. The van der Waals surface area contributed by atoms with Gasteiger partial charge in [0.25, 0.3) is 5.56 Å². The Hall–Kier alpha value is -1.75. The molecule has 4 nitrogen and oxygen atoms in total. The van der Waals surface area contributed by atoms with Crippen LogP contribution in [0.1, 0.15) is 24.3 Å². The summed E-state index contributed by atoms with van der Waals surface area (Å²) in [6, 6.07) is 7.40. The van der Waals surface area contributed by atoms with Crippen LogP contribution in [-0.4, -0.2) is 28.9 Å². The van der Waals surface area contributed by atoms with Crippen molar-refractivity contribution in [3.63, 3.8) is 0 Å². The van der Waals surface area contributed by atoms with E-state index in [2.05, 4.69) is 4.98 Å². The maximum Gasteiger partial charge on any atom is 0.279 e. The van der Waals surface area contributed by atoms with Crippen molar-refractivity contribution in [3.8, 4) is 0 Å². The van der Waals surface area contributed by atoms with Crippen LogP contribution in [0.15, 0.2) is 29.1 Å². The zero-order valence-electron chi connectivity index (χ0n) is 11.2. The predicted molar refractivity (Wildman–Crippen MR) is 80.0 cm³/mol. The standard InChI is InChI=1S/C15H16N2O2S/c18-14(17-8-4-1-5-9-17)10-13-16-15(19)11-6-2-3-7-12(11)20-13/h2-3,6-7H,1,4-5,8-10H2. The van der Waals surface area contributed by atoms with Crippen LogP contribution in [0.2, 0.25) is 0 Å². The predicted octanol–water partition coefficient (Wildman–Crippen LogP) is 2.21. The number of benzene rings is 1. The fourth-order valence-electron chi connectivity index (χ4n) is 2.52. The van der Waals surface area contributed by atoms with Crippen molar-refractivity contribution < 1.29 is 4.79 Å². The van der Waals surface area contributed by atoms with Crippen LogP contribution in [0.4, 0.5) is 0 Å². The number of amides is 1. The number of rotatable bonds is 2. The lowest BCUT2D eigenvalue weighted by Gasteiger charge is -2.26. The molecule has 3 rings (SSSR count). The van der Waals surface area contributed by atoms with Crippen LogP contribution in [-0.2, 0) is 11.2 Å². The molecule has 0 radical (unpaired) electrons. The van der Waals surface area contributed by atoms with Crippen LogP contribution in [0.5, 0.6) is 0 Å². The van der Waals surface area contributed by atoms with E-state index in [1.165, 1.54) is 17.8 Å². The normalized spacial score (nSPS) is 15.5. The Bertz CT molecular complexity index is 690. The van der Waals surface area contributed by atoms with Crippen molar-refractivity contribution in [1.82, 2.24) is 9.88 Å². The van der Waals surface area contributed by atoms with Crippen LogP contribution >= 0.6 is 11.3 Å². The number of nitrogens with zero attached hydrogens (tertiary/aromatic N) is 2. The molecule has 1 aromatic carbocycles. The van der Waals surface area contributed by atoms with Crippen molar-refractivity contribution in [3.05, 3.63) is 39.6 Å². The van der Waals surface area contributed by atoms with Gasteiger partial charge in [0.15, 0.2) is 0 Å². The molecule has 1 saturated heterocycles. The molecule has 0 bridgehead atoms. The number of aromatic nitrogens is 1. The van der Waals surface area contributed by atoms with Gasteiger partial charge in [-0.15, -0.1) is 11.3 Å². The van der Waals surface area contributed by atoms with Gasteiger partial charge in [-0.2, -0.15) is 0 Å². The quantitative estimate of drug-likeness (QED) is 0.851. The van der Waals surface area contributed by atoms with E-state index in [1.54, 1.807) is 6.07 Å². The van der Waals surface area contributed by atoms with Gasteiger partial charge >= 0.3 is 0 Å². The molecule has 5 heteroatoms. The molecule has 0 unspecified atom stereocenters. The minimum absolute atomic E-state index is 0.0862. The molecular weight excluding hydrogens is 272 g/mol. The van der Waals surface area contributed by atoms with Crippen LogP contribution in [0.3, 0.4) is 0 Å². The van der Waals surface area contributed by atoms with Gasteiger partial charge < -0.3 is 4.90 Å². The second kappa shape index (κ2) is 5.71. The topological polar surface area (TPSA) is 50.3 Å². The summed E-state index contributed by atoms with van der Waals surface area (Å²) in [4.78, 5) is 30.1. The lowest BCUT2D eigenvalue weighted by atomic mass is 10.1. The number of fused-ring (bicyclic) bond motifs is 1. The SMILES string of the molecule is O=C(Cc1nc(=O)c2ccccc2s1)N1CCCCC1. The minimum atomic E-state index is -0.235. The molecule has 0 aliphatic carbocycles. The summed E-state index contributed by atoms with van der Waals surface area (Å²) in [5, 5.41) is 1.25. The lowest BCUT2D eigenvalue weighted by molar-refractivity contribution is -0.131. The molecule has 0 spiro atoms. The maximum absolute atomic E-state index is 12.2. The van der Waals surface area contributed by atoms with E-state index < -0.39 is 0 Å². The molecule has 1 aromatic heterocycles. The average Bonchev–Trinajstić information content (AvgIpc) is 2.48. The molecule has 1 aliphatic rings. The van der Waals surface area contributed by atoms with E-state index in [1.807, 2.05) is 23.1 Å². The molecular formula is C15H16N2O2S. The first-order valence-corrected chi connectivity index (χ1v) is 7.72. The molecule has 0 saturated carbocycles. The van der Waals surface area contributed by atoms with Crippen LogP contribution in [0.25, 0.3) is 10.1 Å². The van der Waals surface area contributed by atoms with E-state index in [9.17, 15) is 9.59 Å². The van der Waals surface area contributed by atoms with Gasteiger partial charge in [-0.05, 0) is 31.4 Å². The fraction of sp³-hybridized carbons (Fsp3) is 0.400. The third kappa shape index (κ3) is 2.72. The van der Waals surface area contributed by atoms with E-state index in [0.717, 1.165) is 30.6 Å². The van der Waals surface area contributed by atoms with Gasteiger partial charge in [-0.1, -0.05) is 12.1 Å². The highest BCUT2D eigenvalue weighted by Crippen LogP contribution is 2.18. The summed E-state index contributed by atoms with van der Waals surface area (Å²) in [5.41, 5.74) is -0.235. The maximum atomic E-state index is 12.2. The highest BCUT2D eigenvalue weighted by atomic mass is 32.1. The van der Waals surface area contributed by atoms with Crippen molar-refractivity contribution in [1.29, 1.82) is 0 Å². The summed E-state index contributed by atoms with van der Waals surface area (Å²) in [5.74, 6) is 0.0862. The third-order valence-electron chi connectivity index (χ3n) is 3.58. The molecule has 2 heterocycles. The minimum Gasteiger partial charge on any atom is -0.342 e. The average molecular weight is 288 g/mol. The number of carbonyl (C=O) groups is 1. The van der Waals surface area contributed by atoms with Crippen molar-refractivity contribution in [2.45, 2.75) is 25.7 Å². The van der Waals surface area contributed by atoms with Crippen molar-refractivity contribution in [2.24, 2.45) is 0 Å². The van der Waals surface area contributed by atoms with Gasteiger partial charge in [0.2, 0.25) is 5.91 Å². The van der Waals surface area contributed by atoms with Crippen molar-refractivity contribution in [2.75, 3.05) is 13.1 Å². The Morgan fingerprint density at radius 2 is 1.95 bits per heavy atom. The van der Waals surface area contributed by atoms with E-state index in [0.29, 0.717) is 10.4 Å². The first-order chi connectivity index (χ1) is 9.74.